The lowest BCUT2D eigenvalue weighted by Crippen LogP contribution is -2.38. The molecule has 0 saturated heterocycles. The number of hydrogen-bond donors (Lipinski definition) is 2. The van der Waals surface area contributed by atoms with Crippen molar-refractivity contribution < 1.29 is 0 Å². The van der Waals surface area contributed by atoms with E-state index in [0.29, 0.717) is 12.0 Å². The highest BCUT2D eigenvalue weighted by Crippen LogP contribution is 2.46. The molecule has 2 heteroatoms. The third kappa shape index (κ3) is 3.17. The molecule has 1 aromatic carbocycles. The summed E-state index contributed by atoms with van der Waals surface area (Å²) in [5, 5.41) is 0. The van der Waals surface area contributed by atoms with E-state index in [1.807, 2.05) is 0 Å². The molecule has 2 nitrogen and oxygen atoms in total. The Labute approximate surface area is 129 Å². The topological polar surface area (TPSA) is 38.0 Å². The van der Waals surface area contributed by atoms with Gasteiger partial charge in [-0.15, -0.1) is 0 Å². The smallest absolute Gasteiger partial charge is 0.0490 e. The Morgan fingerprint density at radius 3 is 2.52 bits per heavy atom. The predicted molar refractivity (Wildman–Crippen MR) is 88.8 cm³/mol. The molecule has 0 spiro atoms. The molecule has 3 N–H and O–H groups in total. The monoisotopic (exact) mass is 286 g/mol. The quantitative estimate of drug-likeness (QED) is 0.638. The Hall–Kier alpha value is -0.860. The third-order valence-electron chi connectivity index (χ3n) is 5.99. The summed E-state index contributed by atoms with van der Waals surface area (Å²) in [4.78, 5) is 0. The maximum absolute atomic E-state index is 5.96. The van der Waals surface area contributed by atoms with Crippen molar-refractivity contribution in [3.8, 4) is 0 Å². The van der Waals surface area contributed by atoms with Gasteiger partial charge in [0.05, 0.1) is 0 Å². The van der Waals surface area contributed by atoms with Crippen LogP contribution < -0.4 is 11.3 Å². The molecule has 1 aromatic rings. The van der Waals surface area contributed by atoms with Gasteiger partial charge >= 0.3 is 0 Å². The molecule has 2 saturated carbocycles. The standard InChI is InChI=1S/C19H30N2/c1-13-7-10-18(14(2)11-13)19(21-20)17-9-8-15-5-3-4-6-16(15)12-17/h7,10-11,15-17,19,21H,3-6,8-9,12,20H2,1-2H3. The van der Waals surface area contributed by atoms with Crippen LogP contribution in [0.5, 0.6) is 0 Å². The first-order chi connectivity index (χ1) is 10.2. The lowest BCUT2D eigenvalue weighted by molar-refractivity contribution is 0.109. The molecule has 4 unspecified atom stereocenters. The maximum atomic E-state index is 5.96. The van der Waals surface area contributed by atoms with Gasteiger partial charge in [-0.2, -0.15) is 0 Å². The summed E-state index contributed by atoms with van der Waals surface area (Å²) in [7, 11) is 0. The number of nitrogens with two attached hydrogens (primary N) is 1. The normalized spacial score (nSPS) is 30.7. The number of hydrogen-bond acceptors (Lipinski definition) is 2. The van der Waals surface area contributed by atoms with E-state index in [0.717, 1.165) is 11.8 Å². The number of hydrazine groups is 1. The second-order valence-corrected chi connectivity index (χ2v) is 7.38. The van der Waals surface area contributed by atoms with Crippen molar-refractivity contribution in [3.63, 3.8) is 0 Å². The van der Waals surface area contributed by atoms with Crippen molar-refractivity contribution >= 4 is 0 Å². The van der Waals surface area contributed by atoms with Crippen LogP contribution in [-0.4, -0.2) is 0 Å². The summed E-state index contributed by atoms with van der Waals surface area (Å²) in [6.45, 7) is 4.38. The first kappa shape index (κ1) is 15.1. The van der Waals surface area contributed by atoms with E-state index in [2.05, 4.69) is 37.5 Å². The van der Waals surface area contributed by atoms with Gasteiger partial charge in [-0.25, -0.2) is 0 Å². The van der Waals surface area contributed by atoms with E-state index >= 15 is 0 Å². The number of benzene rings is 1. The summed E-state index contributed by atoms with van der Waals surface area (Å²) >= 11 is 0. The zero-order valence-electron chi connectivity index (χ0n) is 13.6. The highest BCUT2D eigenvalue weighted by atomic mass is 15.2. The van der Waals surface area contributed by atoms with Crippen molar-refractivity contribution in [1.82, 2.24) is 5.43 Å². The largest absolute Gasteiger partial charge is 0.271 e. The highest BCUT2D eigenvalue weighted by Gasteiger charge is 2.35. The van der Waals surface area contributed by atoms with E-state index in [1.54, 1.807) is 0 Å². The molecule has 3 rings (SSSR count). The van der Waals surface area contributed by atoms with Crippen LogP contribution in [-0.2, 0) is 0 Å². The highest BCUT2D eigenvalue weighted by molar-refractivity contribution is 5.33. The van der Waals surface area contributed by atoms with Gasteiger partial charge in [-0.05, 0) is 62.0 Å². The van der Waals surface area contributed by atoms with Crippen LogP contribution in [0, 0.1) is 31.6 Å². The fourth-order valence-electron chi connectivity index (χ4n) is 4.87. The van der Waals surface area contributed by atoms with E-state index < -0.39 is 0 Å². The second kappa shape index (κ2) is 6.50. The van der Waals surface area contributed by atoms with Gasteiger partial charge < -0.3 is 0 Å². The minimum Gasteiger partial charge on any atom is -0.271 e. The van der Waals surface area contributed by atoms with Gasteiger partial charge in [0.15, 0.2) is 0 Å². The Bertz CT molecular complexity index is 482. The number of fused-ring (bicyclic) bond motifs is 1. The van der Waals surface area contributed by atoms with Crippen LogP contribution in [0.3, 0.4) is 0 Å². The summed E-state index contributed by atoms with van der Waals surface area (Å²) in [6, 6.07) is 7.11. The Kier molecular flexibility index (Phi) is 4.66. The molecule has 0 bridgehead atoms. The maximum Gasteiger partial charge on any atom is 0.0490 e. The lowest BCUT2D eigenvalue weighted by atomic mass is 9.65. The molecule has 0 amide bonds. The SMILES string of the molecule is Cc1ccc(C(NN)C2CCC3CCCCC3C2)c(C)c1. The zero-order valence-corrected chi connectivity index (χ0v) is 13.6. The van der Waals surface area contributed by atoms with Crippen molar-refractivity contribution in [1.29, 1.82) is 0 Å². The molecule has 0 aliphatic heterocycles. The van der Waals surface area contributed by atoms with Crippen molar-refractivity contribution in [2.75, 3.05) is 0 Å². The first-order valence-electron chi connectivity index (χ1n) is 8.72. The van der Waals surface area contributed by atoms with E-state index in [1.165, 1.54) is 61.6 Å². The van der Waals surface area contributed by atoms with Crippen molar-refractivity contribution in [2.45, 2.75) is 64.8 Å². The fraction of sp³-hybridized carbons (Fsp3) is 0.684. The lowest BCUT2D eigenvalue weighted by Gasteiger charge is -2.42. The van der Waals surface area contributed by atoms with Crippen LogP contribution >= 0.6 is 0 Å². The predicted octanol–water partition coefficient (Wildman–Crippen LogP) is 4.41. The summed E-state index contributed by atoms with van der Waals surface area (Å²) < 4.78 is 0. The van der Waals surface area contributed by atoms with Crippen LogP contribution in [0.1, 0.15) is 67.7 Å². The zero-order chi connectivity index (χ0) is 14.8. The van der Waals surface area contributed by atoms with Crippen LogP contribution in [0.15, 0.2) is 18.2 Å². The molecule has 4 atom stereocenters. The Balaban J connectivity index is 1.77. The minimum absolute atomic E-state index is 0.327. The second-order valence-electron chi connectivity index (χ2n) is 7.38. The van der Waals surface area contributed by atoms with E-state index in [-0.39, 0.29) is 0 Å². The fourth-order valence-corrected chi connectivity index (χ4v) is 4.87. The molecule has 21 heavy (non-hydrogen) atoms. The van der Waals surface area contributed by atoms with Gasteiger partial charge in [-0.1, -0.05) is 49.4 Å². The van der Waals surface area contributed by atoms with Crippen molar-refractivity contribution in [2.24, 2.45) is 23.6 Å². The molecular formula is C19H30N2. The summed E-state index contributed by atoms with van der Waals surface area (Å²) in [5.74, 6) is 8.63. The molecule has 0 aromatic heterocycles. The Morgan fingerprint density at radius 1 is 1.05 bits per heavy atom. The average Bonchev–Trinajstić information content (AvgIpc) is 2.50. The van der Waals surface area contributed by atoms with Crippen LogP contribution in [0.2, 0.25) is 0 Å². The van der Waals surface area contributed by atoms with Crippen LogP contribution in [0.25, 0.3) is 0 Å². The molecule has 2 aliphatic rings. The van der Waals surface area contributed by atoms with E-state index in [4.69, 9.17) is 5.84 Å². The van der Waals surface area contributed by atoms with Gasteiger partial charge in [0.2, 0.25) is 0 Å². The number of aryl methyl sites for hydroxylation is 2. The number of nitrogens with one attached hydrogen (secondary N) is 1. The molecule has 2 fully saturated rings. The van der Waals surface area contributed by atoms with Gasteiger partial charge in [0, 0.05) is 6.04 Å². The third-order valence-corrected chi connectivity index (χ3v) is 5.99. The van der Waals surface area contributed by atoms with Crippen LogP contribution in [0.4, 0.5) is 0 Å². The molecule has 0 heterocycles. The molecule has 2 aliphatic carbocycles. The molecule has 116 valence electrons. The Morgan fingerprint density at radius 2 is 1.81 bits per heavy atom. The molecule has 0 radical (unpaired) electrons. The number of rotatable bonds is 3. The molecular weight excluding hydrogens is 256 g/mol. The first-order valence-corrected chi connectivity index (χ1v) is 8.72. The average molecular weight is 286 g/mol. The summed E-state index contributed by atoms with van der Waals surface area (Å²) in [5.41, 5.74) is 7.26. The van der Waals surface area contributed by atoms with Gasteiger partial charge in [-0.3, -0.25) is 11.3 Å². The van der Waals surface area contributed by atoms with Gasteiger partial charge in [0.1, 0.15) is 0 Å². The minimum atomic E-state index is 0.327. The summed E-state index contributed by atoms with van der Waals surface area (Å²) in [6.07, 6.45) is 9.95. The van der Waals surface area contributed by atoms with Crippen molar-refractivity contribution in [3.05, 3.63) is 34.9 Å². The van der Waals surface area contributed by atoms with Gasteiger partial charge in [0.25, 0.3) is 0 Å². The van der Waals surface area contributed by atoms with E-state index in [9.17, 15) is 0 Å².